The molecular formula is C22H28N4O4. The molecule has 0 aliphatic carbocycles. The minimum absolute atomic E-state index is 0.00894. The summed E-state index contributed by atoms with van der Waals surface area (Å²) in [6.07, 6.45) is 4.67. The predicted molar refractivity (Wildman–Crippen MR) is 113 cm³/mol. The van der Waals surface area contributed by atoms with Gasteiger partial charge in [0.15, 0.2) is 0 Å². The molecule has 4 amide bonds. The van der Waals surface area contributed by atoms with Crippen LogP contribution in [-0.2, 0) is 16.1 Å². The Labute approximate surface area is 176 Å². The maximum Gasteiger partial charge on any atom is 0.321 e. The van der Waals surface area contributed by atoms with Gasteiger partial charge in [0.2, 0.25) is 11.8 Å². The van der Waals surface area contributed by atoms with Crippen LogP contribution in [0.5, 0.6) is 0 Å². The van der Waals surface area contributed by atoms with E-state index in [1.807, 2.05) is 36.1 Å². The van der Waals surface area contributed by atoms with Crippen LogP contribution >= 0.6 is 0 Å². The van der Waals surface area contributed by atoms with Crippen molar-refractivity contribution in [1.29, 1.82) is 0 Å². The smallest absolute Gasteiger partial charge is 0.321 e. The lowest BCUT2D eigenvalue weighted by Crippen LogP contribution is -2.48. The van der Waals surface area contributed by atoms with Gasteiger partial charge in [-0.25, -0.2) is 4.79 Å². The summed E-state index contributed by atoms with van der Waals surface area (Å²) < 4.78 is 5.14. The van der Waals surface area contributed by atoms with Crippen molar-refractivity contribution in [2.24, 2.45) is 0 Å². The zero-order chi connectivity index (χ0) is 21.3. The van der Waals surface area contributed by atoms with Gasteiger partial charge in [-0.3, -0.25) is 14.9 Å². The summed E-state index contributed by atoms with van der Waals surface area (Å²) in [6.45, 7) is 3.65. The molecule has 2 heterocycles. The minimum atomic E-state index is -0.609. The van der Waals surface area contributed by atoms with E-state index in [4.69, 9.17) is 4.42 Å². The topological polar surface area (TPSA) is 94.9 Å². The molecule has 30 heavy (non-hydrogen) atoms. The Kier molecular flexibility index (Phi) is 7.48. The summed E-state index contributed by atoms with van der Waals surface area (Å²) in [5.74, 6) is 0.0929. The lowest BCUT2D eigenvalue weighted by molar-refractivity contribution is -0.130. The van der Waals surface area contributed by atoms with E-state index in [9.17, 15) is 14.4 Å². The first kappa shape index (κ1) is 21.4. The van der Waals surface area contributed by atoms with Crippen LogP contribution in [0.3, 0.4) is 0 Å². The van der Waals surface area contributed by atoms with E-state index in [-0.39, 0.29) is 25.5 Å². The van der Waals surface area contributed by atoms with Gasteiger partial charge in [-0.2, -0.15) is 0 Å². The first-order valence-corrected chi connectivity index (χ1v) is 10.2. The zero-order valence-electron chi connectivity index (χ0n) is 17.2. The lowest BCUT2D eigenvalue weighted by atomic mass is 10.1. The number of urea groups is 1. The molecule has 0 spiro atoms. The maximum absolute atomic E-state index is 12.7. The van der Waals surface area contributed by atoms with Gasteiger partial charge in [-0.15, -0.1) is 0 Å². The van der Waals surface area contributed by atoms with E-state index in [2.05, 4.69) is 10.6 Å². The Bertz CT molecular complexity index is 843. The maximum atomic E-state index is 12.7. The van der Waals surface area contributed by atoms with Crippen molar-refractivity contribution in [3.8, 4) is 0 Å². The predicted octanol–water partition coefficient (Wildman–Crippen LogP) is 2.43. The number of aryl methyl sites for hydroxylation is 1. The number of furan rings is 1. The summed E-state index contributed by atoms with van der Waals surface area (Å²) >= 11 is 0. The van der Waals surface area contributed by atoms with Crippen molar-refractivity contribution in [3.63, 3.8) is 0 Å². The second-order valence-corrected chi connectivity index (χ2v) is 7.44. The van der Waals surface area contributed by atoms with Crippen LogP contribution in [0.1, 0.15) is 30.6 Å². The van der Waals surface area contributed by atoms with Gasteiger partial charge in [0.1, 0.15) is 5.76 Å². The van der Waals surface area contributed by atoms with Gasteiger partial charge >= 0.3 is 6.03 Å². The molecule has 160 valence electrons. The Balaban J connectivity index is 1.59. The monoisotopic (exact) mass is 412 g/mol. The summed E-state index contributed by atoms with van der Waals surface area (Å²) in [7, 11) is 0. The molecule has 0 saturated carbocycles. The van der Waals surface area contributed by atoms with E-state index in [0.717, 1.165) is 43.6 Å². The molecule has 8 nitrogen and oxygen atoms in total. The number of rotatable bonds is 7. The molecule has 0 unspecified atom stereocenters. The third-order valence-corrected chi connectivity index (χ3v) is 5.02. The van der Waals surface area contributed by atoms with Crippen molar-refractivity contribution in [2.45, 2.75) is 32.7 Å². The number of piperidine rings is 1. The number of carbonyl (C=O) groups excluding carboxylic acids is 3. The lowest BCUT2D eigenvalue weighted by Gasteiger charge is -2.30. The third-order valence-electron chi connectivity index (χ3n) is 5.02. The van der Waals surface area contributed by atoms with Crippen LogP contribution in [-0.4, -0.2) is 48.9 Å². The summed E-state index contributed by atoms with van der Waals surface area (Å²) in [6, 6.07) is 10.5. The highest BCUT2D eigenvalue weighted by molar-refractivity contribution is 5.97. The van der Waals surface area contributed by atoms with E-state index in [0.29, 0.717) is 5.76 Å². The number of carbonyl (C=O) groups is 3. The standard InChI is InChI=1S/C22H28N4O4/c1-17-7-9-18(10-8-17)26(16-21(28)25-11-3-2-4-12-25)15-20(27)24-22(29)23-14-19-6-5-13-30-19/h5-10,13H,2-4,11-12,14-16H2,1H3,(H2,23,24,27,29). The quantitative estimate of drug-likeness (QED) is 0.728. The number of anilines is 1. The van der Waals surface area contributed by atoms with E-state index in [1.54, 1.807) is 17.0 Å². The van der Waals surface area contributed by atoms with E-state index < -0.39 is 11.9 Å². The number of hydrogen-bond donors (Lipinski definition) is 2. The molecule has 1 aromatic carbocycles. The average molecular weight is 412 g/mol. The third kappa shape index (κ3) is 6.37. The molecular weight excluding hydrogens is 384 g/mol. The Morgan fingerprint density at radius 3 is 2.43 bits per heavy atom. The van der Waals surface area contributed by atoms with Gasteiger partial charge < -0.3 is 19.5 Å². The fourth-order valence-electron chi connectivity index (χ4n) is 3.36. The van der Waals surface area contributed by atoms with Gasteiger partial charge in [0, 0.05) is 18.8 Å². The number of amides is 4. The Morgan fingerprint density at radius 1 is 1.03 bits per heavy atom. The number of imide groups is 1. The number of benzene rings is 1. The first-order chi connectivity index (χ1) is 14.5. The molecule has 1 aromatic heterocycles. The second kappa shape index (κ2) is 10.5. The van der Waals surface area contributed by atoms with E-state index in [1.165, 1.54) is 6.26 Å². The van der Waals surface area contributed by atoms with Crippen LogP contribution in [0.15, 0.2) is 47.1 Å². The summed E-state index contributed by atoms with van der Waals surface area (Å²) in [4.78, 5) is 40.8. The van der Waals surface area contributed by atoms with Gasteiger partial charge in [-0.05, 0) is 50.5 Å². The van der Waals surface area contributed by atoms with Crippen molar-refractivity contribution in [3.05, 3.63) is 54.0 Å². The molecule has 1 aliphatic rings. The zero-order valence-corrected chi connectivity index (χ0v) is 17.2. The summed E-state index contributed by atoms with van der Waals surface area (Å²) in [5.41, 5.74) is 1.85. The Hall–Kier alpha value is -3.29. The van der Waals surface area contributed by atoms with Gasteiger partial charge in [-0.1, -0.05) is 17.7 Å². The molecule has 1 saturated heterocycles. The fourth-order valence-corrected chi connectivity index (χ4v) is 3.36. The van der Waals surface area contributed by atoms with Crippen molar-refractivity contribution in [2.75, 3.05) is 31.1 Å². The molecule has 2 aromatic rings. The molecule has 0 atom stereocenters. The van der Waals surface area contributed by atoms with Crippen LogP contribution in [0, 0.1) is 6.92 Å². The van der Waals surface area contributed by atoms with Crippen LogP contribution in [0.2, 0.25) is 0 Å². The molecule has 3 rings (SSSR count). The molecule has 8 heteroatoms. The number of hydrogen-bond acceptors (Lipinski definition) is 5. The molecule has 0 radical (unpaired) electrons. The number of likely N-dealkylation sites (tertiary alicyclic amines) is 1. The van der Waals surface area contributed by atoms with Crippen molar-refractivity contribution in [1.82, 2.24) is 15.5 Å². The van der Waals surface area contributed by atoms with Crippen molar-refractivity contribution >= 4 is 23.5 Å². The second-order valence-electron chi connectivity index (χ2n) is 7.44. The molecule has 1 aliphatic heterocycles. The fraction of sp³-hybridized carbons (Fsp3) is 0.409. The summed E-state index contributed by atoms with van der Waals surface area (Å²) in [5, 5.41) is 4.88. The highest BCUT2D eigenvalue weighted by atomic mass is 16.3. The number of nitrogens with one attached hydrogen (secondary N) is 2. The minimum Gasteiger partial charge on any atom is -0.467 e. The van der Waals surface area contributed by atoms with Crippen LogP contribution in [0.25, 0.3) is 0 Å². The molecule has 2 N–H and O–H groups in total. The normalized spacial score (nSPS) is 13.6. The average Bonchev–Trinajstić information content (AvgIpc) is 3.26. The van der Waals surface area contributed by atoms with Gasteiger partial charge in [0.05, 0.1) is 25.9 Å². The van der Waals surface area contributed by atoms with Crippen LogP contribution < -0.4 is 15.5 Å². The Morgan fingerprint density at radius 2 is 1.77 bits per heavy atom. The number of nitrogens with zero attached hydrogens (tertiary/aromatic N) is 2. The highest BCUT2D eigenvalue weighted by Gasteiger charge is 2.22. The molecule has 1 fully saturated rings. The van der Waals surface area contributed by atoms with Crippen LogP contribution in [0.4, 0.5) is 10.5 Å². The molecule has 0 bridgehead atoms. The van der Waals surface area contributed by atoms with Gasteiger partial charge in [0.25, 0.3) is 0 Å². The largest absolute Gasteiger partial charge is 0.467 e. The van der Waals surface area contributed by atoms with Crippen molar-refractivity contribution < 1.29 is 18.8 Å². The first-order valence-electron chi connectivity index (χ1n) is 10.2. The SMILES string of the molecule is Cc1ccc(N(CC(=O)NC(=O)NCc2ccco2)CC(=O)N2CCCCC2)cc1. The highest BCUT2D eigenvalue weighted by Crippen LogP contribution is 2.16. The van der Waals surface area contributed by atoms with E-state index >= 15 is 0 Å².